The third-order valence-corrected chi connectivity index (χ3v) is 1.79. The summed E-state index contributed by atoms with van der Waals surface area (Å²) in [5.41, 5.74) is 0. The summed E-state index contributed by atoms with van der Waals surface area (Å²) in [6.07, 6.45) is 1.46. The van der Waals surface area contributed by atoms with Gasteiger partial charge in [-0.1, -0.05) is 13.3 Å². The van der Waals surface area contributed by atoms with Crippen LogP contribution in [0.1, 0.15) is 26.7 Å². The maximum Gasteiger partial charge on any atom is 0.266 e. The molecule has 0 saturated heterocycles. The van der Waals surface area contributed by atoms with Gasteiger partial charge in [0.15, 0.2) is 0 Å². The number of hydrogen-bond donors (Lipinski definition) is 1. The highest BCUT2D eigenvalue weighted by atomic mass is 32.9. The minimum absolute atomic E-state index is 0.222. The van der Waals surface area contributed by atoms with E-state index in [1.165, 1.54) is 0 Å². The molecule has 62 valence electrons. The van der Waals surface area contributed by atoms with Crippen LogP contribution < -0.4 is 0 Å². The Morgan fingerprint density at radius 2 is 2.30 bits per heavy atom. The van der Waals surface area contributed by atoms with Gasteiger partial charge in [-0.2, -0.15) is 4.21 Å². The van der Waals surface area contributed by atoms with Crippen LogP contribution in [-0.4, -0.2) is 14.9 Å². The number of hydrogen-bond acceptors (Lipinski definition) is 3. The van der Waals surface area contributed by atoms with E-state index in [9.17, 15) is 4.21 Å². The van der Waals surface area contributed by atoms with E-state index in [0.717, 1.165) is 12.8 Å². The molecular formula is C5H12O3S2. The van der Waals surface area contributed by atoms with Crippen LogP contribution in [0.3, 0.4) is 0 Å². The standard InChI is InChI=1S/C5H12O3S2/c1-3-4-5(2)8-10(6,7)9/h5H,3-4H2,1-2H3,(H,6,7,9). The van der Waals surface area contributed by atoms with Crippen LogP contribution in [0.15, 0.2) is 0 Å². The normalized spacial score (nSPS) is 19.9. The van der Waals surface area contributed by atoms with E-state index in [0.29, 0.717) is 0 Å². The molecule has 0 spiro atoms. The second-order valence-corrected chi connectivity index (χ2v) is 4.43. The van der Waals surface area contributed by atoms with E-state index < -0.39 is 9.05 Å². The summed E-state index contributed by atoms with van der Waals surface area (Å²) < 4.78 is 23.5. The summed E-state index contributed by atoms with van der Waals surface area (Å²) in [4.78, 5) is 0. The highest BCUT2D eigenvalue weighted by molar-refractivity contribution is 8.27. The molecular weight excluding hydrogens is 172 g/mol. The van der Waals surface area contributed by atoms with E-state index in [1.807, 2.05) is 6.92 Å². The van der Waals surface area contributed by atoms with Crippen molar-refractivity contribution in [3.8, 4) is 0 Å². The Hall–Kier alpha value is 0.290. The summed E-state index contributed by atoms with van der Waals surface area (Å²) in [6.45, 7) is 3.70. The first-order valence-corrected chi connectivity index (χ1v) is 5.48. The highest BCUT2D eigenvalue weighted by Gasteiger charge is 2.06. The van der Waals surface area contributed by atoms with Crippen LogP contribution in [-0.2, 0) is 24.4 Å². The Morgan fingerprint density at radius 1 is 1.80 bits per heavy atom. The first-order valence-electron chi connectivity index (χ1n) is 3.11. The van der Waals surface area contributed by atoms with Gasteiger partial charge in [0, 0.05) is 11.2 Å². The summed E-state index contributed by atoms with van der Waals surface area (Å²) >= 11 is 4.14. The van der Waals surface area contributed by atoms with Crippen molar-refractivity contribution in [2.45, 2.75) is 32.8 Å². The Morgan fingerprint density at radius 3 is 2.60 bits per heavy atom. The summed E-state index contributed by atoms with van der Waals surface area (Å²) in [7, 11) is -3.41. The van der Waals surface area contributed by atoms with Crippen molar-refractivity contribution in [3.63, 3.8) is 0 Å². The fraction of sp³-hybridized carbons (Fsp3) is 1.00. The second-order valence-electron chi connectivity index (χ2n) is 2.12. The first kappa shape index (κ1) is 10.3. The van der Waals surface area contributed by atoms with Gasteiger partial charge >= 0.3 is 0 Å². The lowest BCUT2D eigenvalue weighted by molar-refractivity contribution is 0.210. The molecule has 0 amide bonds. The van der Waals surface area contributed by atoms with Crippen LogP contribution in [0.25, 0.3) is 0 Å². The molecule has 0 aromatic carbocycles. The molecule has 0 aliphatic rings. The van der Waals surface area contributed by atoms with E-state index in [-0.39, 0.29) is 6.10 Å². The average Bonchev–Trinajstić information content (AvgIpc) is 1.59. The van der Waals surface area contributed by atoms with Crippen LogP contribution >= 0.6 is 0 Å². The predicted octanol–water partition coefficient (Wildman–Crippen LogP) is 1.33. The molecule has 0 radical (unpaired) electrons. The Balaban J connectivity index is 3.69. The predicted molar refractivity (Wildman–Crippen MR) is 43.6 cm³/mol. The molecule has 0 aromatic rings. The maximum absolute atomic E-state index is 10.4. The van der Waals surface area contributed by atoms with Crippen molar-refractivity contribution in [2.24, 2.45) is 0 Å². The lowest BCUT2D eigenvalue weighted by Gasteiger charge is -2.08. The molecule has 0 saturated carbocycles. The molecule has 0 heterocycles. The van der Waals surface area contributed by atoms with E-state index >= 15 is 0 Å². The summed E-state index contributed by atoms with van der Waals surface area (Å²) in [5.74, 6) is 0. The Kier molecular flexibility index (Phi) is 4.35. The summed E-state index contributed by atoms with van der Waals surface area (Å²) in [6, 6.07) is 0. The highest BCUT2D eigenvalue weighted by Crippen LogP contribution is 2.03. The van der Waals surface area contributed by atoms with Crippen molar-refractivity contribution in [3.05, 3.63) is 0 Å². The minimum Gasteiger partial charge on any atom is -0.285 e. The third-order valence-electron chi connectivity index (χ3n) is 0.981. The fourth-order valence-electron chi connectivity index (χ4n) is 0.662. The monoisotopic (exact) mass is 184 g/mol. The SMILES string of the molecule is CCCC(C)OS(=O)(O)=S. The van der Waals surface area contributed by atoms with Gasteiger partial charge in [0.2, 0.25) is 0 Å². The molecule has 0 fully saturated rings. The lowest BCUT2D eigenvalue weighted by Crippen LogP contribution is -2.12. The topological polar surface area (TPSA) is 46.5 Å². The molecule has 0 bridgehead atoms. The molecule has 0 aromatic heterocycles. The van der Waals surface area contributed by atoms with Gasteiger partial charge in [-0.05, 0) is 13.3 Å². The van der Waals surface area contributed by atoms with E-state index in [1.54, 1.807) is 6.92 Å². The first-order chi connectivity index (χ1) is 4.45. The van der Waals surface area contributed by atoms with Crippen molar-refractivity contribution < 1.29 is 12.9 Å². The van der Waals surface area contributed by atoms with Crippen molar-refractivity contribution in [1.29, 1.82) is 0 Å². The van der Waals surface area contributed by atoms with Gasteiger partial charge in [0.05, 0.1) is 6.10 Å². The van der Waals surface area contributed by atoms with Gasteiger partial charge in [-0.15, -0.1) is 0 Å². The van der Waals surface area contributed by atoms with Gasteiger partial charge in [-0.25, -0.2) is 0 Å². The van der Waals surface area contributed by atoms with Crippen molar-refractivity contribution in [2.75, 3.05) is 0 Å². The Labute approximate surface area is 66.5 Å². The van der Waals surface area contributed by atoms with Crippen LogP contribution in [0.4, 0.5) is 0 Å². The molecule has 0 aliphatic carbocycles. The van der Waals surface area contributed by atoms with Crippen LogP contribution in [0.5, 0.6) is 0 Å². The van der Waals surface area contributed by atoms with E-state index in [2.05, 4.69) is 15.4 Å². The van der Waals surface area contributed by atoms with Crippen LogP contribution in [0, 0.1) is 0 Å². The van der Waals surface area contributed by atoms with Crippen molar-refractivity contribution >= 4 is 20.2 Å². The van der Waals surface area contributed by atoms with Gasteiger partial charge in [0.25, 0.3) is 9.05 Å². The zero-order chi connectivity index (χ0) is 8.20. The average molecular weight is 184 g/mol. The summed E-state index contributed by atoms with van der Waals surface area (Å²) in [5, 5.41) is 0. The Bertz CT molecular complexity index is 173. The zero-order valence-electron chi connectivity index (χ0n) is 6.07. The van der Waals surface area contributed by atoms with Gasteiger partial charge in [-0.3, -0.25) is 8.74 Å². The van der Waals surface area contributed by atoms with E-state index in [4.69, 9.17) is 4.55 Å². The maximum atomic E-state index is 10.4. The smallest absolute Gasteiger partial charge is 0.266 e. The second kappa shape index (κ2) is 4.23. The zero-order valence-corrected chi connectivity index (χ0v) is 7.70. The third kappa shape index (κ3) is 6.41. The molecule has 5 heteroatoms. The molecule has 0 rings (SSSR count). The minimum atomic E-state index is -3.41. The number of rotatable bonds is 4. The largest absolute Gasteiger partial charge is 0.285 e. The molecule has 2 unspecified atom stereocenters. The quantitative estimate of drug-likeness (QED) is 0.716. The molecule has 1 N–H and O–H groups in total. The molecule has 3 nitrogen and oxygen atoms in total. The van der Waals surface area contributed by atoms with Crippen molar-refractivity contribution in [1.82, 2.24) is 0 Å². The molecule has 10 heavy (non-hydrogen) atoms. The molecule has 2 atom stereocenters. The van der Waals surface area contributed by atoms with Gasteiger partial charge in [0.1, 0.15) is 0 Å². The van der Waals surface area contributed by atoms with Crippen LogP contribution in [0.2, 0.25) is 0 Å². The molecule has 0 aliphatic heterocycles. The lowest BCUT2D eigenvalue weighted by atomic mass is 10.2. The van der Waals surface area contributed by atoms with Gasteiger partial charge < -0.3 is 0 Å². The fourth-order valence-corrected chi connectivity index (χ4v) is 1.58.